The molecule has 0 heterocycles. The lowest BCUT2D eigenvalue weighted by Gasteiger charge is -2.22. The topological polar surface area (TPSA) is 30.5 Å². The molecule has 0 aromatic heterocycles. The lowest BCUT2D eigenvalue weighted by atomic mass is 10.1. The summed E-state index contributed by atoms with van der Waals surface area (Å²) < 4.78 is 10.7. The largest absolute Gasteiger partial charge is 0.382 e. The zero-order valence-electron chi connectivity index (χ0n) is 10.7. The Morgan fingerprint density at radius 3 is 2.27 bits per heavy atom. The third-order valence-electron chi connectivity index (χ3n) is 2.38. The van der Waals surface area contributed by atoms with Gasteiger partial charge in [-0.05, 0) is 32.7 Å². The summed E-state index contributed by atoms with van der Waals surface area (Å²) in [6, 6.07) is 0.464. The van der Waals surface area contributed by atoms with Crippen LogP contribution in [0.15, 0.2) is 0 Å². The molecular weight excluding hydrogens is 190 g/mol. The van der Waals surface area contributed by atoms with Crippen molar-refractivity contribution in [3.05, 3.63) is 0 Å². The molecule has 92 valence electrons. The monoisotopic (exact) mass is 217 g/mol. The number of ether oxygens (including phenoxy) is 2. The Bertz CT molecular complexity index is 129. The van der Waals surface area contributed by atoms with Crippen LogP contribution in [0.1, 0.15) is 34.1 Å². The molecule has 0 aliphatic heterocycles. The Kier molecular flexibility index (Phi) is 10.3. The number of rotatable bonds is 10. The Morgan fingerprint density at radius 2 is 1.73 bits per heavy atom. The Hall–Kier alpha value is -0.120. The maximum atomic E-state index is 5.44. The summed E-state index contributed by atoms with van der Waals surface area (Å²) in [7, 11) is 0. The summed E-state index contributed by atoms with van der Waals surface area (Å²) in [4.78, 5) is 0. The van der Waals surface area contributed by atoms with Crippen molar-refractivity contribution >= 4 is 0 Å². The quantitative estimate of drug-likeness (QED) is 0.568. The van der Waals surface area contributed by atoms with Gasteiger partial charge in [0.1, 0.15) is 0 Å². The first-order valence-electron chi connectivity index (χ1n) is 6.11. The lowest BCUT2D eigenvalue weighted by Crippen LogP contribution is -2.38. The highest BCUT2D eigenvalue weighted by Crippen LogP contribution is 2.02. The minimum absolute atomic E-state index is 0.464. The van der Waals surface area contributed by atoms with E-state index in [9.17, 15) is 0 Å². The summed E-state index contributed by atoms with van der Waals surface area (Å²) in [5.74, 6) is 0.614. The van der Waals surface area contributed by atoms with Crippen LogP contribution in [0.4, 0.5) is 0 Å². The maximum absolute atomic E-state index is 5.44. The van der Waals surface area contributed by atoms with Crippen molar-refractivity contribution in [2.75, 3.05) is 33.0 Å². The molecule has 0 saturated carbocycles. The Morgan fingerprint density at radius 1 is 1.07 bits per heavy atom. The first kappa shape index (κ1) is 14.9. The van der Waals surface area contributed by atoms with Gasteiger partial charge >= 0.3 is 0 Å². The smallest absolute Gasteiger partial charge is 0.0621 e. The second-order valence-corrected chi connectivity index (χ2v) is 4.01. The van der Waals surface area contributed by atoms with Crippen LogP contribution in [-0.2, 0) is 9.47 Å². The predicted molar refractivity (Wildman–Crippen MR) is 64.2 cm³/mol. The summed E-state index contributed by atoms with van der Waals surface area (Å²) in [6.07, 6.45) is 1.07. The second-order valence-electron chi connectivity index (χ2n) is 4.01. The van der Waals surface area contributed by atoms with Gasteiger partial charge in [0.25, 0.3) is 0 Å². The van der Waals surface area contributed by atoms with Crippen molar-refractivity contribution in [1.82, 2.24) is 5.32 Å². The van der Waals surface area contributed by atoms with Gasteiger partial charge in [-0.25, -0.2) is 0 Å². The SMILES string of the molecule is CCOCCCNC(COCC)C(C)C. The van der Waals surface area contributed by atoms with Gasteiger partial charge < -0.3 is 14.8 Å². The molecule has 1 N–H and O–H groups in total. The fourth-order valence-corrected chi connectivity index (χ4v) is 1.34. The minimum atomic E-state index is 0.464. The van der Waals surface area contributed by atoms with Crippen LogP contribution < -0.4 is 5.32 Å². The molecule has 0 aliphatic carbocycles. The van der Waals surface area contributed by atoms with Gasteiger partial charge in [-0.1, -0.05) is 13.8 Å². The highest BCUT2D eigenvalue weighted by Gasteiger charge is 2.11. The third-order valence-corrected chi connectivity index (χ3v) is 2.38. The summed E-state index contributed by atoms with van der Waals surface area (Å²) in [5, 5.41) is 3.51. The van der Waals surface area contributed by atoms with Crippen molar-refractivity contribution < 1.29 is 9.47 Å². The van der Waals surface area contributed by atoms with E-state index in [1.807, 2.05) is 13.8 Å². The summed E-state index contributed by atoms with van der Waals surface area (Å²) >= 11 is 0. The molecule has 0 aromatic carbocycles. The molecule has 0 bridgehead atoms. The van der Waals surface area contributed by atoms with Crippen molar-refractivity contribution in [1.29, 1.82) is 0 Å². The van der Waals surface area contributed by atoms with E-state index < -0.39 is 0 Å². The van der Waals surface area contributed by atoms with E-state index in [4.69, 9.17) is 9.47 Å². The van der Waals surface area contributed by atoms with Gasteiger partial charge in [-0.3, -0.25) is 0 Å². The van der Waals surface area contributed by atoms with Crippen LogP contribution in [0.2, 0.25) is 0 Å². The standard InChI is InChI=1S/C12H27NO2/c1-5-14-9-7-8-13-12(11(3)4)10-15-6-2/h11-13H,5-10H2,1-4H3. The maximum Gasteiger partial charge on any atom is 0.0621 e. The zero-order valence-corrected chi connectivity index (χ0v) is 10.7. The molecule has 0 amide bonds. The van der Waals surface area contributed by atoms with Gasteiger partial charge in [0.2, 0.25) is 0 Å². The van der Waals surface area contributed by atoms with Gasteiger partial charge in [-0.2, -0.15) is 0 Å². The zero-order chi connectivity index (χ0) is 11.5. The van der Waals surface area contributed by atoms with Crippen LogP contribution in [0.5, 0.6) is 0 Å². The molecule has 0 saturated heterocycles. The van der Waals surface area contributed by atoms with E-state index in [1.54, 1.807) is 0 Å². The molecule has 0 aliphatic rings. The number of hydrogen-bond acceptors (Lipinski definition) is 3. The van der Waals surface area contributed by atoms with Gasteiger partial charge in [0.15, 0.2) is 0 Å². The van der Waals surface area contributed by atoms with Crippen LogP contribution in [0.25, 0.3) is 0 Å². The summed E-state index contributed by atoms with van der Waals surface area (Å²) in [6.45, 7) is 12.8. The third kappa shape index (κ3) is 8.85. The molecule has 15 heavy (non-hydrogen) atoms. The van der Waals surface area contributed by atoms with E-state index in [1.165, 1.54) is 0 Å². The minimum Gasteiger partial charge on any atom is -0.382 e. The second kappa shape index (κ2) is 10.4. The molecule has 0 fully saturated rings. The highest BCUT2D eigenvalue weighted by atomic mass is 16.5. The summed E-state index contributed by atoms with van der Waals surface area (Å²) in [5.41, 5.74) is 0. The average Bonchev–Trinajstić information content (AvgIpc) is 2.21. The van der Waals surface area contributed by atoms with E-state index in [0.29, 0.717) is 12.0 Å². The molecule has 0 rings (SSSR count). The van der Waals surface area contributed by atoms with Crippen LogP contribution >= 0.6 is 0 Å². The molecule has 0 aromatic rings. The van der Waals surface area contributed by atoms with E-state index >= 15 is 0 Å². The Labute approximate surface area is 94.5 Å². The molecular formula is C12H27NO2. The van der Waals surface area contributed by atoms with E-state index in [0.717, 1.165) is 39.4 Å². The van der Waals surface area contributed by atoms with Crippen molar-refractivity contribution in [2.24, 2.45) is 5.92 Å². The average molecular weight is 217 g/mol. The van der Waals surface area contributed by atoms with Crippen molar-refractivity contribution in [3.8, 4) is 0 Å². The van der Waals surface area contributed by atoms with E-state index in [-0.39, 0.29) is 0 Å². The highest BCUT2D eigenvalue weighted by molar-refractivity contribution is 4.69. The van der Waals surface area contributed by atoms with Gasteiger partial charge in [0.05, 0.1) is 6.61 Å². The molecule has 1 atom stereocenters. The number of hydrogen-bond donors (Lipinski definition) is 1. The van der Waals surface area contributed by atoms with Crippen LogP contribution in [0, 0.1) is 5.92 Å². The molecule has 0 radical (unpaired) electrons. The van der Waals surface area contributed by atoms with Crippen molar-refractivity contribution in [3.63, 3.8) is 0 Å². The fraction of sp³-hybridized carbons (Fsp3) is 1.00. The van der Waals surface area contributed by atoms with Crippen LogP contribution in [0.3, 0.4) is 0 Å². The van der Waals surface area contributed by atoms with Gasteiger partial charge in [0, 0.05) is 25.9 Å². The molecule has 1 unspecified atom stereocenters. The molecule has 3 nitrogen and oxygen atoms in total. The van der Waals surface area contributed by atoms with E-state index in [2.05, 4.69) is 19.2 Å². The van der Waals surface area contributed by atoms with Crippen molar-refractivity contribution in [2.45, 2.75) is 40.2 Å². The first-order chi connectivity index (χ1) is 7.22. The number of nitrogens with one attached hydrogen (secondary N) is 1. The van der Waals surface area contributed by atoms with Gasteiger partial charge in [-0.15, -0.1) is 0 Å². The fourth-order valence-electron chi connectivity index (χ4n) is 1.34. The van der Waals surface area contributed by atoms with Crippen LogP contribution in [-0.4, -0.2) is 39.0 Å². The molecule has 3 heteroatoms. The lowest BCUT2D eigenvalue weighted by molar-refractivity contribution is 0.104. The Balaban J connectivity index is 3.48. The predicted octanol–water partition coefficient (Wildman–Crippen LogP) is 2.06. The first-order valence-corrected chi connectivity index (χ1v) is 6.11. The normalized spacial score (nSPS) is 13.4. The molecule has 0 spiro atoms.